The molecule has 0 atom stereocenters. The average Bonchev–Trinajstić information content (AvgIpc) is 2.76. The standard InChI is InChI=1S/C24H36N2O6SSi/c1-18(2)31-26(17-23(27)25-32-34(7,8)24(3,4)5)33(28,29)22-15-11-20(12-16-22)19-9-13-21(30-6)14-10-19/h9-16,18H,17H2,1-8H3,(H,25,27). The lowest BCUT2D eigenvalue weighted by molar-refractivity contribution is -0.148. The highest BCUT2D eigenvalue weighted by atomic mass is 32.2. The van der Waals surface area contributed by atoms with Gasteiger partial charge in [0.05, 0.1) is 18.1 Å². The van der Waals surface area contributed by atoms with Crippen molar-refractivity contribution < 1.29 is 27.3 Å². The minimum atomic E-state index is -4.10. The predicted molar refractivity (Wildman–Crippen MR) is 135 cm³/mol. The molecule has 1 amide bonds. The Balaban J connectivity index is 2.20. The van der Waals surface area contributed by atoms with E-state index in [-0.39, 0.29) is 9.93 Å². The lowest BCUT2D eigenvalue weighted by Crippen LogP contribution is -2.49. The third-order valence-electron chi connectivity index (χ3n) is 5.67. The monoisotopic (exact) mass is 508 g/mol. The first-order valence-electron chi connectivity index (χ1n) is 11.1. The van der Waals surface area contributed by atoms with E-state index in [1.807, 2.05) is 58.1 Å². The van der Waals surface area contributed by atoms with E-state index < -0.39 is 36.9 Å². The molecule has 8 nitrogen and oxygen atoms in total. The smallest absolute Gasteiger partial charge is 0.265 e. The largest absolute Gasteiger partial charge is 0.497 e. The molecule has 0 fully saturated rings. The van der Waals surface area contributed by atoms with Crippen molar-refractivity contribution in [3.63, 3.8) is 0 Å². The zero-order valence-electron chi connectivity index (χ0n) is 21.2. The Kier molecular flexibility index (Phi) is 9.06. The molecule has 0 aliphatic heterocycles. The topological polar surface area (TPSA) is 94.2 Å². The maximum atomic E-state index is 13.3. The molecule has 2 rings (SSSR count). The number of nitrogens with zero attached hydrogens (tertiary/aromatic N) is 1. The van der Waals surface area contributed by atoms with E-state index in [1.54, 1.807) is 33.1 Å². The Morgan fingerprint density at radius 2 is 1.50 bits per heavy atom. The number of amides is 1. The van der Waals surface area contributed by atoms with Crippen LogP contribution in [0.15, 0.2) is 53.4 Å². The summed E-state index contributed by atoms with van der Waals surface area (Å²) in [5.74, 6) is 0.129. The summed E-state index contributed by atoms with van der Waals surface area (Å²) in [7, 11) is -4.75. The first kappa shape index (κ1) is 28.0. The summed E-state index contributed by atoms with van der Waals surface area (Å²) < 4.78 is 38.1. The number of methoxy groups -OCH3 is 1. The molecule has 188 valence electrons. The fraction of sp³-hybridized carbons (Fsp3) is 0.458. The molecule has 0 aliphatic carbocycles. The first-order valence-corrected chi connectivity index (χ1v) is 15.4. The van der Waals surface area contributed by atoms with Crippen LogP contribution in [0.1, 0.15) is 34.6 Å². The highest BCUT2D eigenvalue weighted by molar-refractivity contribution is 7.89. The number of carbonyl (C=O) groups is 1. The van der Waals surface area contributed by atoms with Crippen LogP contribution < -0.4 is 10.2 Å². The van der Waals surface area contributed by atoms with Gasteiger partial charge in [-0.3, -0.25) is 9.63 Å². The molecule has 2 aromatic carbocycles. The summed E-state index contributed by atoms with van der Waals surface area (Å²) in [5.41, 5.74) is 4.19. The van der Waals surface area contributed by atoms with Crippen LogP contribution in [0.3, 0.4) is 0 Å². The third kappa shape index (κ3) is 7.13. The van der Waals surface area contributed by atoms with Crippen LogP contribution in [-0.2, 0) is 24.2 Å². The molecule has 0 heterocycles. The van der Waals surface area contributed by atoms with Gasteiger partial charge in [-0.2, -0.15) is 0 Å². The molecule has 1 N–H and O–H groups in total. The Labute approximate surface area is 204 Å². The van der Waals surface area contributed by atoms with Gasteiger partial charge < -0.3 is 9.26 Å². The summed E-state index contributed by atoms with van der Waals surface area (Å²) in [6.07, 6.45) is -0.456. The molecule has 0 radical (unpaired) electrons. The van der Waals surface area contributed by atoms with E-state index in [2.05, 4.69) is 5.48 Å². The van der Waals surface area contributed by atoms with Crippen molar-refractivity contribution in [2.24, 2.45) is 0 Å². The van der Waals surface area contributed by atoms with Gasteiger partial charge in [0.1, 0.15) is 12.3 Å². The first-order chi connectivity index (χ1) is 15.7. The van der Waals surface area contributed by atoms with E-state index in [0.717, 1.165) is 16.9 Å². The zero-order valence-corrected chi connectivity index (χ0v) is 23.0. The number of hydrogen-bond acceptors (Lipinski definition) is 6. The minimum absolute atomic E-state index is 0.0172. The van der Waals surface area contributed by atoms with Crippen LogP contribution in [0.4, 0.5) is 0 Å². The van der Waals surface area contributed by atoms with Gasteiger partial charge in [0.25, 0.3) is 15.9 Å². The maximum absolute atomic E-state index is 13.3. The molecule has 34 heavy (non-hydrogen) atoms. The van der Waals surface area contributed by atoms with Crippen LogP contribution >= 0.6 is 0 Å². The summed E-state index contributed by atoms with van der Waals surface area (Å²) in [5, 5.41) is -0.119. The molecule has 10 heteroatoms. The number of benzene rings is 2. The van der Waals surface area contributed by atoms with Crippen LogP contribution in [0.5, 0.6) is 5.75 Å². The Morgan fingerprint density at radius 3 is 1.94 bits per heavy atom. The minimum Gasteiger partial charge on any atom is -0.497 e. The molecular weight excluding hydrogens is 472 g/mol. The van der Waals surface area contributed by atoms with Gasteiger partial charge in [-0.05, 0) is 67.4 Å². The number of hydroxylamine groups is 2. The fourth-order valence-electron chi connectivity index (χ4n) is 2.62. The van der Waals surface area contributed by atoms with Gasteiger partial charge in [0.15, 0.2) is 0 Å². The van der Waals surface area contributed by atoms with E-state index >= 15 is 0 Å². The number of ether oxygens (including phenoxy) is 1. The number of sulfonamides is 1. The highest BCUT2D eigenvalue weighted by Gasteiger charge is 2.39. The van der Waals surface area contributed by atoms with Gasteiger partial charge in [-0.15, -0.1) is 0 Å². The number of hydrogen-bond donors (Lipinski definition) is 1. The Morgan fingerprint density at radius 1 is 1.00 bits per heavy atom. The number of rotatable bonds is 10. The molecule has 0 aromatic heterocycles. The molecule has 0 bridgehead atoms. The van der Waals surface area contributed by atoms with E-state index in [4.69, 9.17) is 14.1 Å². The van der Waals surface area contributed by atoms with Gasteiger partial charge in [-0.25, -0.2) is 13.9 Å². The van der Waals surface area contributed by atoms with Gasteiger partial charge >= 0.3 is 0 Å². The maximum Gasteiger partial charge on any atom is 0.265 e. The molecule has 2 aromatic rings. The second-order valence-corrected chi connectivity index (χ2v) is 16.3. The number of carbonyl (C=O) groups excluding carboxylic acids is 1. The van der Waals surface area contributed by atoms with Gasteiger partial charge in [0.2, 0.25) is 8.32 Å². The van der Waals surface area contributed by atoms with Crippen molar-refractivity contribution in [1.29, 1.82) is 0 Å². The van der Waals surface area contributed by atoms with Crippen LogP contribution in [-0.4, -0.2) is 46.9 Å². The molecular formula is C24H36N2O6SSi. The Hall–Kier alpha value is -2.24. The zero-order chi connectivity index (χ0) is 25.7. The molecule has 0 spiro atoms. The quantitative estimate of drug-likeness (QED) is 0.368. The fourth-order valence-corrected chi connectivity index (χ4v) is 4.58. The summed E-state index contributed by atoms with van der Waals surface area (Å²) >= 11 is 0. The van der Waals surface area contributed by atoms with E-state index in [0.29, 0.717) is 4.47 Å². The Bertz CT molecular complexity index is 1060. The van der Waals surface area contributed by atoms with Crippen molar-refractivity contribution in [3.8, 4) is 16.9 Å². The molecule has 0 aliphatic rings. The van der Waals surface area contributed by atoms with Crippen LogP contribution in [0.25, 0.3) is 11.1 Å². The van der Waals surface area contributed by atoms with E-state index in [9.17, 15) is 13.2 Å². The van der Waals surface area contributed by atoms with Gasteiger partial charge in [0, 0.05) is 0 Å². The summed E-state index contributed by atoms with van der Waals surface area (Å²) in [4.78, 5) is 18.1. The lowest BCUT2D eigenvalue weighted by Gasteiger charge is -2.35. The van der Waals surface area contributed by atoms with Gasteiger partial charge in [-0.1, -0.05) is 49.5 Å². The number of nitrogens with one attached hydrogen (secondary N) is 1. The molecule has 0 saturated carbocycles. The second-order valence-electron chi connectivity index (χ2n) is 9.76. The second kappa shape index (κ2) is 11.0. The average molecular weight is 509 g/mol. The van der Waals surface area contributed by atoms with Crippen LogP contribution in [0, 0.1) is 0 Å². The lowest BCUT2D eigenvalue weighted by atomic mass is 10.1. The van der Waals surface area contributed by atoms with Crippen molar-refractivity contribution in [2.45, 2.75) is 63.8 Å². The van der Waals surface area contributed by atoms with E-state index in [1.165, 1.54) is 12.1 Å². The SMILES string of the molecule is COc1ccc(-c2ccc(S(=O)(=O)N(CC(=O)NO[Si](C)(C)C(C)(C)C)OC(C)C)cc2)cc1. The third-order valence-corrected chi connectivity index (χ3v) is 11.5. The predicted octanol–water partition coefficient (Wildman–Crippen LogP) is 4.75. The van der Waals surface area contributed by atoms with Crippen molar-refractivity contribution in [1.82, 2.24) is 9.95 Å². The normalized spacial score (nSPS) is 12.8. The van der Waals surface area contributed by atoms with Crippen LogP contribution in [0.2, 0.25) is 18.1 Å². The summed E-state index contributed by atoms with van der Waals surface area (Å²) in [6.45, 7) is 12.9. The van der Waals surface area contributed by atoms with Crippen molar-refractivity contribution >= 4 is 24.2 Å². The summed E-state index contributed by atoms with van der Waals surface area (Å²) in [6, 6.07) is 13.9. The molecule has 0 unspecified atom stereocenters. The molecule has 0 saturated heterocycles. The van der Waals surface area contributed by atoms with Crippen molar-refractivity contribution in [2.75, 3.05) is 13.7 Å². The van der Waals surface area contributed by atoms with Crippen molar-refractivity contribution in [3.05, 3.63) is 48.5 Å². The highest BCUT2D eigenvalue weighted by Crippen LogP contribution is 2.35.